The summed E-state index contributed by atoms with van der Waals surface area (Å²) in [6, 6.07) is 17.3. The summed E-state index contributed by atoms with van der Waals surface area (Å²) >= 11 is 1.64. The van der Waals surface area contributed by atoms with Crippen molar-refractivity contribution in [1.29, 1.82) is 0 Å². The van der Waals surface area contributed by atoms with Gasteiger partial charge in [0, 0.05) is 21.7 Å². The molecule has 156 valence electrons. The molecule has 0 heterocycles. The molecule has 5 heteroatoms. The first-order valence-corrected chi connectivity index (χ1v) is 11.0. The first-order chi connectivity index (χ1) is 14.4. The van der Waals surface area contributed by atoms with E-state index in [2.05, 4.69) is 25.2 Å². The third-order valence-corrected chi connectivity index (χ3v) is 5.74. The Morgan fingerprint density at radius 1 is 1.00 bits per heavy atom. The quantitative estimate of drug-likeness (QED) is 0.463. The number of methoxy groups -OCH3 is 1. The monoisotopic (exact) mass is 421 g/mol. The smallest absolute Gasteiger partial charge is 0.255 e. The van der Waals surface area contributed by atoms with Gasteiger partial charge >= 0.3 is 0 Å². The summed E-state index contributed by atoms with van der Waals surface area (Å²) in [5.41, 5.74) is 5.61. The number of carbonyl (C=O) groups is 1. The highest BCUT2D eigenvalue weighted by Crippen LogP contribution is 2.27. The average molecular weight is 422 g/mol. The molecule has 30 heavy (non-hydrogen) atoms. The van der Waals surface area contributed by atoms with Gasteiger partial charge in [-0.05, 0) is 86.2 Å². The molecule has 0 saturated carbocycles. The molecular weight excluding hydrogens is 394 g/mol. The predicted molar refractivity (Wildman–Crippen MR) is 124 cm³/mol. The molecule has 3 rings (SSSR count). The molecule has 0 aliphatic carbocycles. The van der Waals surface area contributed by atoms with E-state index < -0.39 is 0 Å². The molecule has 3 aromatic carbocycles. The third-order valence-electron chi connectivity index (χ3n) is 5.02. The lowest BCUT2D eigenvalue weighted by Gasteiger charge is -2.15. The lowest BCUT2D eigenvalue weighted by atomic mass is 10.1. The van der Waals surface area contributed by atoms with Gasteiger partial charge in [-0.15, -0.1) is 11.8 Å². The molecule has 0 spiro atoms. The number of hydrogen-bond acceptors (Lipinski definition) is 4. The van der Waals surface area contributed by atoms with Crippen molar-refractivity contribution in [3.05, 3.63) is 82.4 Å². The predicted octanol–water partition coefficient (Wildman–Crippen LogP) is 6.17. The van der Waals surface area contributed by atoms with Gasteiger partial charge in [0.25, 0.3) is 5.91 Å². The Morgan fingerprint density at radius 3 is 2.53 bits per heavy atom. The van der Waals surface area contributed by atoms with Gasteiger partial charge in [0.05, 0.1) is 7.11 Å². The van der Waals surface area contributed by atoms with Crippen LogP contribution in [0.25, 0.3) is 0 Å². The van der Waals surface area contributed by atoms with Crippen molar-refractivity contribution in [2.45, 2.75) is 32.3 Å². The van der Waals surface area contributed by atoms with Crippen LogP contribution in [-0.4, -0.2) is 19.3 Å². The molecule has 0 bridgehead atoms. The fourth-order valence-corrected chi connectivity index (χ4v) is 3.70. The number of rotatable bonds is 7. The summed E-state index contributed by atoms with van der Waals surface area (Å²) in [6.07, 6.45) is 2.01. The molecule has 0 atom stereocenters. The molecule has 4 nitrogen and oxygen atoms in total. The van der Waals surface area contributed by atoms with E-state index in [1.54, 1.807) is 31.0 Å². The summed E-state index contributed by atoms with van der Waals surface area (Å²) in [5.74, 6) is 1.37. The fourth-order valence-electron chi connectivity index (χ4n) is 3.24. The zero-order valence-corrected chi connectivity index (χ0v) is 18.9. The number of nitrogens with one attached hydrogen (secondary N) is 1. The number of carbonyl (C=O) groups excluding carboxylic acids is 1. The van der Waals surface area contributed by atoms with E-state index in [4.69, 9.17) is 9.47 Å². The summed E-state index contributed by atoms with van der Waals surface area (Å²) in [7, 11) is 1.62. The molecule has 3 aromatic rings. The molecule has 0 aliphatic rings. The highest BCUT2D eigenvalue weighted by Gasteiger charge is 2.13. The van der Waals surface area contributed by atoms with Crippen molar-refractivity contribution < 1.29 is 14.3 Å². The Bertz CT molecular complexity index is 1060. The molecule has 1 N–H and O–H groups in total. The van der Waals surface area contributed by atoms with Crippen LogP contribution in [-0.2, 0) is 6.61 Å². The lowest BCUT2D eigenvalue weighted by molar-refractivity contribution is 0.102. The van der Waals surface area contributed by atoms with Gasteiger partial charge in [-0.3, -0.25) is 4.79 Å². The van der Waals surface area contributed by atoms with Crippen molar-refractivity contribution >= 4 is 23.4 Å². The van der Waals surface area contributed by atoms with Gasteiger partial charge in [0.2, 0.25) is 0 Å². The number of amides is 1. The van der Waals surface area contributed by atoms with Gasteiger partial charge in [-0.25, -0.2) is 0 Å². The second-order valence-electron chi connectivity index (χ2n) is 7.21. The number of hydrogen-bond donors (Lipinski definition) is 1. The topological polar surface area (TPSA) is 47.6 Å². The molecule has 0 unspecified atom stereocenters. The van der Waals surface area contributed by atoms with Crippen LogP contribution in [0.1, 0.15) is 32.6 Å². The highest BCUT2D eigenvalue weighted by atomic mass is 32.2. The van der Waals surface area contributed by atoms with Crippen molar-refractivity contribution in [2.24, 2.45) is 0 Å². The third kappa shape index (κ3) is 5.16. The maximum absolute atomic E-state index is 12.8. The first kappa shape index (κ1) is 21.8. The normalized spacial score (nSPS) is 10.6. The summed E-state index contributed by atoms with van der Waals surface area (Å²) in [5, 5.41) is 2.96. The van der Waals surface area contributed by atoms with Crippen LogP contribution in [0.4, 0.5) is 5.69 Å². The number of aryl methyl sites for hydroxylation is 2. The van der Waals surface area contributed by atoms with Gasteiger partial charge in [0.15, 0.2) is 0 Å². The first-order valence-electron chi connectivity index (χ1n) is 9.74. The second-order valence-corrected chi connectivity index (χ2v) is 8.09. The van der Waals surface area contributed by atoms with Crippen molar-refractivity contribution in [1.82, 2.24) is 0 Å². The average Bonchev–Trinajstić information content (AvgIpc) is 2.75. The van der Waals surface area contributed by atoms with Crippen LogP contribution in [0.15, 0.2) is 59.5 Å². The number of thioether (sulfide) groups is 1. The zero-order valence-electron chi connectivity index (χ0n) is 18.0. The molecule has 0 fully saturated rings. The Kier molecular flexibility index (Phi) is 7.06. The molecule has 0 saturated heterocycles. The van der Waals surface area contributed by atoms with E-state index in [-0.39, 0.29) is 5.91 Å². The molecule has 1 amide bonds. The van der Waals surface area contributed by atoms with Gasteiger partial charge in [0.1, 0.15) is 18.1 Å². The maximum atomic E-state index is 12.8. The minimum atomic E-state index is -0.167. The van der Waals surface area contributed by atoms with Crippen molar-refractivity contribution in [3.8, 4) is 11.5 Å². The zero-order chi connectivity index (χ0) is 21.7. The Balaban J connectivity index is 1.80. The standard InChI is InChI=1S/C25H27NO3S/c1-16-11-17(2)18(3)24(12-16)29-15-20-13-19(9-10-23(20)28-4)25(27)26-21-7-6-8-22(14-21)30-5/h6-14H,15H2,1-5H3,(H,26,27). The van der Waals surface area contributed by atoms with Crippen molar-refractivity contribution in [3.63, 3.8) is 0 Å². The van der Waals surface area contributed by atoms with E-state index >= 15 is 0 Å². The largest absolute Gasteiger partial charge is 0.496 e. The van der Waals surface area contributed by atoms with E-state index in [1.807, 2.05) is 49.6 Å². The highest BCUT2D eigenvalue weighted by molar-refractivity contribution is 7.98. The fraction of sp³-hybridized carbons (Fsp3) is 0.240. The number of anilines is 1. The van der Waals surface area contributed by atoms with E-state index in [1.165, 1.54) is 5.56 Å². The number of benzene rings is 3. The van der Waals surface area contributed by atoms with E-state index in [0.29, 0.717) is 17.9 Å². The Morgan fingerprint density at radius 2 is 1.80 bits per heavy atom. The van der Waals surface area contributed by atoms with Crippen LogP contribution in [0.2, 0.25) is 0 Å². The van der Waals surface area contributed by atoms with Crippen molar-refractivity contribution in [2.75, 3.05) is 18.7 Å². The Hall–Kier alpha value is -2.92. The summed E-state index contributed by atoms with van der Waals surface area (Å²) in [4.78, 5) is 13.9. The molecule has 0 radical (unpaired) electrons. The minimum Gasteiger partial charge on any atom is -0.496 e. The molecular formula is C25H27NO3S. The SMILES string of the molecule is COc1ccc(C(=O)Nc2cccc(SC)c2)cc1COc1cc(C)cc(C)c1C. The van der Waals surface area contributed by atoms with Crippen LogP contribution >= 0.6 is 11.8 Å². The second kappa shape index (κ2) is 9.72. The van der Waals surface area contributed by atoms with Crippen LogP contribution in [0.3, 0.4) is 0 Å². The maximum Gasteiger partial charge on any atom is 0.255 e. The molecule has 0 aromatic heterocycles. The summed E-state index contributed by atoms with van der Waals surface area (Å²) in [6.45, 7) is 6.49. The van der Waals surface area contributed by atoms with E-state index in [9.17, 15) is 4.79 Å². The van der Waals surface area contributed by atoms with E-state index in [0.717, 1.165) is 33.0 Å². The lowest BCUT2D eigenvalue weighted by Crippen LogP contribution is -2.13. The van der Waals surface area contributed by atoms with Gasteiger partial charge in [-0.1, -0.05) is 12.1 Å². The Labute approximate surface area is 182 Å². The van der Waals surface area contributed by atoms with Gasteiger partial charge < -0.3 is 14.8 Å². The molecule has 0 aliphatic heterocycles. The van der Waals surface area contributed by atoms with Gasteiger partial charge in [-0.2, -0.15) is 0 Å². The summed E-state index contributed by atoms with van der Waals surface area (Å²) < 4.78 is 11.6. The number of ether oxygens (including phenoxy) is 2. The minimum absolute atomic E-state index is 0.167. The van der Waals surface area contributed by atoms with Crippen LogP contribution in [0, 0.1) is 20.8 Å². The van der Waals surface area contributed by atoms with Crippen LogP contribution in [0.5, 0.6) is 11.5 Å². The van der Waals surface area contributed by atoms with Crippen LogP contribution < -0.4 is 14.8 Å².